The Hall–Kier alpha value is -1.40. The third-order valence-corrected chi connectivity index (χ3v) is 3.69. The summed E-state index contributed by atoms with van der Waals surface area (Å²) in [5.41, 5.74) is 5.09. The van der Waals surface area contributed by atoms with E-state index in [0.717, 1.165) is 17.7 Å². The molecule has 2 aromatic rings. The molecule has 7 heteroatoms. The summed E-state index contributed by atoms with van der Waals surface area (Å²) in [6.07, 6.45) is 0.720. The fraction of sp³-hybridized carbons (Fsp3) is 0.231. The van der Waals surface area contributed by atoms with E-state index >= 15 is 0 Å². The van der Waals surface area contributed by atoms with Crippen LogP contribution >= 0.6 is 23.2 Å². The van der Waals surface area contributed by atoms with Gasteiger partial charge >= 0.3 is 0 Å². The first-order valence-electron chi connectivity index (χ1n) is 6.08. The summed E-state index contributed by atoms with van der Waals surface area (Å²) in [6.45, 7) is 1.09. The van der Waals surface area contributed by atoms with E-state index in [1.807, 2.05) is 0 Å². The normalized spacial score (nSPS) is 13.9. The van der Waals surface area contributed by atoms with E-state index in [2.05, 4.69) is 15.4 Å². The summed E-state index contributed by atoms with van der Waals surface area (Å²) in [6, 6.07) is 5.19. The van der Waals surface area contributed by atoms with Crippen molar-refractivity contribution in [1.82, 2.24) is 9.97 Å². The van der Waals surface area contributed by atoms with Crippen LogP contribution in [0.3, 0.4) is 0 Å². The average molecular weight is 311 g/mol. The minimum absolute atomic E-state index is 0.457. The maximum absolute atomic E-state index is 6.19. The Bertz CT molecular complexity index is 646. The molecule has 0 spiro atoms. The number of nitrogens with zero attached hydrogens (tertiary/aromatic N) is 2. The molecule has 0 aliphatic carbocycles. The van der Waals surface area contributed by atoms with Crippen molar-refractivity contribution < 1.29 is 4.74 Å². The maximum Gasteiger partial charge on any atom is 0.163 e. The SMILES string of the molecule is NNc1nc(-c2cc(Cl)ccc2Cl)nc2c1COCC2. The molecular formula is C13H12Cl2N4O. The van der Waals surface area contributed by atoms with Crippen LogP contribution in [0.1, 0.15) is 11.3 Å². The van der Waals surface area contributed by atoms with Crippen LogP contribution < -0.4 is 11.3 Å². The van der Waals surface area contributed by atoms with Gasteiger partial charge in [0.1, 0.15) is 5.82 Å². The molecule has 1 aromatic carbocycles. The largest absolute Gasteiger partial charge is 0.376 e. The van der Waals surface area contributed by atoms with E-state index in [1.165, 1.54) is 0 Å². The van der Waals surface area contributed by atoms with E-state index in [1.54, 1.807) is 18.2 Å². The highest BCUT2D eigenvalue weighted by molar-refractivity contribution is 6.35. The molecule has 0 atom stereocenters. The molecule has 0 bridgehead atoms. The predicted molar refractivity (Wildman–Crippen MR) is 78.7 cm³/mol. The molecule has 0 radical (unpaired) electrons. The Morgan fingerprint density at radius 3 is 2.90 bits per heavy atom. The number of nitrogen functional groups attached to an aromatic ring is 1. The highest BCUT2D eigenvalue weighted by atomic mass is 35.5. The minimum Gasteiger partial charge on any atom is -0.376 e. The number of benzene rings is 1. The van der Waals surface area contributed by atoms with Gasteiger partial charge in [-0.05, 0) is 18.2 Å². The molecule has 0 saturated heterocycles. The number of anilines is 1. The van der Waals surface area contributed by atoms with Gasteiger partial charge in [-0.1, -0.05) is 23.2 Å². The second-order valence-electron chi connectivity index (χ2n) is 4.39. The third-order valence-electron chi connectivity index (χ3n) is 3.13. The predicted octanol–water partition coefficient (Wildman–Crippen LogP) is 2.81. The van der Waals surface area contributed by atoms with Crippen LogP contribution in [0.2, 0.25) is 10.0 Å². The number of hydrogen-bond acceptors (Lipinski definition) is 5. The van der Waals surface area contributed by atoms with Crippen molar-refractivity contribution in [2.24, 2.45) is 5.84 Å². The Labute approximate surface area is 126 Å². The zero-order chi connectivity index (χ0) is 14.1. The zero-order valence-electron chi connectivity index (χ0n) is 10.5. The molecule has 3 rings (SSSR count). The van der Waals surface area contributed by atoms with Crippen LogP contribution in [0.4, 0.5) is 5.82 Å². The minimum atomic E-state index is 0.457. The van der Waals surface area contributed by atoms with Gasteiger partial charge < -0.3 is 10.2 Å². The van der Waals surface area contributed by atoms with Crippen molar-refractivity contribution in [2.75, 3.05) is 12.0 Å². The van der Waals surface area contributed by atoms with Crippen molar-refractivity contribution in [3.63, 3.8) is 0 Å². The fourth-order valence-electron chi connectivity index (χ4n) is 2.14. The molecule has 5 nitrogen and oxygen atoms in total. The van der Waals surface area contributed by atoms with Crippen molar-refractivity contribution in [3.05, 3.63) is 39.5 Å². The lowest BCUT2D eigenvalue weighted by Gasteiger charge is -2.19. The standard InChI is InChI=1S/C13H12Cl2N4O/c14-7-1-2-10(15)8(5-7)12-17-11-3-4-20-6-9(11)13(18-12)19-16/h1-2,5H,3-4,6,16H2,(H,17,18,19). The maximum atomic E-state index is 6.19. The molecule has 104 valence electrons. The zero-order valence-corrected chi connectivity index (χ0v) is 12.0. The molecule has 20 heavy (non-hydrogen) atoms. The van der Waals surface area contributed by atoms with Crippen LogP contribution in [-0.2, 0) is 17.8 Å². The number of hydrogen-bond donors (Lipinski definition) is 2. The van der Waals surface area contributed by atoms with Gasteiger partial charge in [-0.3, -0.25) is 0 Å². The highest BCUT2D eigenvalue weighted by Crippen LogP contribution is 2.31. The van der Waals surface area contributed by atoms with Crippen LogP contribution in [0.25, 0.3) is 11.4 Å². The fourth-order valence-corrected chi connectivity index (χ4v) is 2.51. The van der Waals surface area contributed by atoms with E-state index in [0.29, 0.717) is 40.5 Å². The van der Waals surface area contributed by atoms with Crippen LogP contribution in [0.5, 0.6) is 0 Å². The number of aromatic nitrogens is 2. The second kappa shape index (κ2) is 5.54. The summed E-state index contributed by atoms with van der Waals surface area (Å²) in [5, 5.41) is 1.13. The molecule has 1 aromatic heterocycles. The Morgan fingerprint density at radius 2 is 2.10 bits per heavy atom. The first-order valence-corrected chi connectivity index (χ1v) is 6.84. The molecule has 1 aliphatic rings. The third kappa shape index (κ3) is 2.45. The van der Waals surface area contributed by atoms with Crippen molar-refractivity contribution >= 4 is 29.0 Å². The monoisotopic (exact) mass is 310 g/mol. The van der Waals surface area contributed by atoms with E-state index in [-0.39, 0.29) is 0 Å². The summed E-state index contributed by atoms with van der Waals surface area (Å²) in [5.74, 6) is 6.60. The molecule has 3 N–H and O–H groups in total. The van der Waals surface area contributed by atoms with Gasteiger partial charge in [0, 0.05) is 22.6 Å². The Morgan fingerprint density at radius 1 is 1.25 bits per heavy atom. The van der Waals surface area contributed by atoms with Crippen LogP contribution in [0, 0.1) is 0 Å². The number of hydrazine groups is 1. The molecule has 0 fully saturated rings. The summed E-state index contributed by atoms with van der Waals surface area (Å²) in [4.78, 5) is 8.97. The van der Waals surface area contributed by atoms with Gasteiger partial charge in [-0.25, -0.2) is 15.8 Å². The van der Waals surface area contributed by atoms with Gasteiger partial charge in [-0.2, -0.15) is 0 Å². The smallest absolute Gasteiger partial charge is 0.163 e. The lowest BCUT2D eigenvalue weighted by atomic mass is 10.1. The average Bonchev–Trinajstić information content (AvgIpc) is 2.48. The first-order chi connectivity index (χ1) is 9.69. The van der Waals surface area contributed by atoms with Crippen LogP contribution in [0.15, 0.2) is 18.2 Å². The van der Waals surface area contributed by atoms with Gasteiger partial charge in [-0.15, -0.1) is 0 Å². The lowest BCUT2D eigenvalue weighted by Crippen LogP contribution is -2.19. The number of fused-ring (bicyclic) bond motifs is 1. The van der Waals surface area contributed by atoms with Crippen LogP contribution in [-0.4, -0.2) is 16.6 Å². The molecule has 2 heterocycles. The molecule has 1 aliphatic heterocycles. The number of rotatable bonds is 2. The van der Waals surface area contributed by atoms with E-state index in [9.17, 15) is 0 Å². The number of nitrogens with two attached hydrogens (primary N) is 1. The van der Waals surface area contributed by atoms with Crippen molar-refractivity contribution in [1.29, 1.82) is 0 Å². The van der Waals surface area contributed by atoms with Crippen molar-refractivity contribution in [3.8, 4) is 11.4 Å². The van der Waals surface area contributed by atoms with E-state index in [4.69, 9.17) is 33.8 Å². The number of nitrogens with one attached hydrogen (secondary N) is 1. The number of ether oxygens (including phenoxy) is 1. The molecule has 0 amide bonds. The quantitative estimate of drug-likeness (QED) is 0.659. The topological polar surface area (TPSA) is 73.1 Å². The molecule has 0 unspecified atom stereocenters. The second-order valence-corrected chi connectivity index (χ2v) is 5.24. The van der Waals surface area contributed by atoms with Gasteiger partial charge in [0.05, 0.1) is 23.9 Å². The number of halogens is 2. The van der Waals surface area contributed by atoms with Gasteiger partial charge in [0.25, 0.3) is 0 Å². The summed E-state index contributed by atoms with van der Waals surface area (Å²) in [7, 11) is 0. The van der Waals surface area contributed by atoms with Crippen molar-refractivity contribution in [2.45, 2.75) is 13.0 Å². The summed E-state index contributed by atoms with van der Waals surface area (Å²) < 4.78 is 5.40. The Balaban J connectivity index is 2.17. The molecule has 0 saturated carbocycles. The molecular weight excluding hydrogens is 299 g/mol. The summed E-state index contributed by atoms with van der Waals surface area (Å²) >= 11 is 12.2. The lowest BCUT2D eigenvalue weighted by molar-refractivity contribution is 0.109. The van der Waals surface area contributed by atoms with Gasteiger partial charge in [0.2, 0.25) is 0 Å². The van der Waals surface area contributed by atoms with E-state index < -0.39 is 0 Å². The first kappa shape index (κ1) is 13.6. The Kier molecular flexibility index (Phi) is 3.76. The van der Waals surface area contributed by atoms with Gasteiger partial charge in [0.15, 0.2) is 5.82 Å². The highest BCUT2D eigenvalue weighted by Gasteiger charge is 2.19.